The lowest BCUT2D eigenvalue weighted by Crippen LogP contribution is -2.17. The number of pyridine rings is 1. The molecule has 0 atom stereocenters. The van der Waals surface area contributed by atoms with Crippen LogP contribution in [0.1, 0.15) is 21.5 Å². The summed E-state index contributed by atoms with van der Waals surface area (Å²) in [5, 5.41) is 3.12. The number of hydrogen-bond acceptors (Lipinski definition) is 5. The van der Waals surface area contributed by atoms with Gasteiger partial charge in [0.15, 0.2) is 6.79 Å². The molecule has 1 aliphatic rings. The number of aromatic nitrogens is 1. The van der Waals surface area contributed by atoms with Crippen LogP contribution in [-0.4, -0.2) is 24.2 Å². The number of carbonyl (C=O) groups is 1. The number of carbonyl (C=O) groups excluding carboxylic acids is 1. The third-order valence-electron chi connectivity index (χ3n) is 3.55. The quantitative estimate of drug-likeness (QED) is 0.879. The molecule has 0 aliphatic carbocycles. The van der Waals surface area contributed by atoms with Crippen molar-refractivity contribution in [3.63, 3.8) is 0 Å². The first-order valence-corrected chi connectivity index (χ1v) is 7.14. The summed E-state index contributed by atoms with van der Waals surface area (Å²) in [6.45, 7) is 0.989. The fourth-order valence-corrected chi connectivity index (χ4v) is 2.52. The molecule has 0 unspecified atom stereocenters. The van der Waals surface area contributed by atoms with Crippen molar-refractivity contribution < 1.29 is 18.7 Å². The summed E-state index contributed by atoms with van der Waals surface area (Å²) in [4.78, 5) is 15.2. The van der Waals surface area contributed by atoms with Crippen LogP contribution in [0.3, 0.4) is 0 Å². The van der Waals surface area contributed by atoms with E-state index in [1.165, 1.54) is 18.3 Å². The second-order valence-corrected chi connectivity index (χ2v) is 5.13. The molecular weight excluding hydrogens is 301 g/mol. The van der Waals surface area contributed by atoms with E-state index in [4.69, 9.17) is 15.2 Å². The smallest absolute Gasteiger partial charge is 0.252 e. The SMILES string of the molecule is NC(=O)c1cnccc1NCCc1cc(F)cc2c1OCOC2. The molecule has 6 nitrogen and oxygen atoms in total. The topological polar surface area (TPSA) is 86.5 Å². The Balaban J connectivity index is 1.72. The number of hydrogen-bond donors (Lipinski definition) is 2. The molecule has 1 amide bonds. The second-order valence-electron chi connectivity index (χ2n) is 5.13. The predicted octanol–water partition coefficient (Wildman–Crippen LogP) is 1.84. The van der Waals surface area contributed by atoms with Crippen LogP contribution < -0.4 is 15.8 Å². The average molecular weight is 317 g/mol. The van der Waals surface area contributed by atoms with Gasteiger partial charge in [0, 0.05) is 24.5 Å². The third kappa shape index (κ3) is 3.40. The van der Waals surface area contributed by atoms with E-state index in [1.807, 2.05) is 0 Å². The number of amides is 1. The number of nitrogens with one attached hydrogen (secondary N) is 1. The summed E-state index contributed by atoms with van der Waals surface area (Å²) < 4.78 is 24.3. The predicted molar refractivity (Wildman–Crippen MR) is 81.6 cm³/mol. The van der Waals surface area contributed by atoms with Gasteiger partial charge in [0.05, 0.1) is 17.9 Å². The number of benzene rings is 1. The Hall–Kier alpha value is -2.67. The minimum absolute atomic E-state index is 0.162. The molecule has 0 radical (unpaired) electrons. The molecule has 1 aromatic carbocycles. The normalized spacial score (nSPS) is 13.1. The molecule has 0 bridgehead atoms. The summed E-state index contributed by atoms with van der Waals surface area (Å²) in [5.74, 6) is -0.205. The van der Waals surface area contributed by atoms with Crippen LogP contribution in [-0.2, 0) is 17.8 Å². The lowest BCUT2D eigenvalue weighted by molar-refractivity contribution is -0.0172. The highest BCUT2D eigenvalue weighted by atomic mass is 19.1. The maximum Gasteiger partial charge on any atom is 0.252 e. The van der Waals surface area contributed by atoms with Crippen LogP contribution in [0.2, 0.25) is 0 Å². The number of primary amides is 1. The average Bonchev–Trinajstić information content (AvgIpc) is 2.55. The van der Waals surface area contributed by atoms with E-state index >= 15 is 0 Å². The van der Waals surface area contributed by atoms with Crippen LogP contribution in [0, 0.1) is 5.82 Å². The Morgan fingerprint density at radius 1 is 1.43 bits per heavy atom. The van der Waals surface area contributed by atoms with Crippen LogP contribution >= 0.6 is 0 Å². The number of rotatable bonds is 5. The van der Waals surface area contributed by atoms with Gasteiger partial charge in [-0.1, -0.05) is 0 Å². The van der Waals surface area contributed by atoms with Crippen LogP contribution in [0.25, 0.3) is 0 Å². The molecular formula is C16H16FN3O3. The van der Waals surface area contributed by atoms with Crippen molar-refractivity contribution >= 4 is 11.6 Å². The fourth-order valence-electron chi connectivity index (χ4n) is 2.52. The Bertz CT molecular complexity index is 737. The third-order valence-corrected chi connectivity index (χ3v) is 3.55. The lowest BCUT2D eigenvalue weighted by Gasteiger charge is -2.21. The van der Waals surface area contributed by atoms with Crippen molar-refractivity contribution in [3.8, 4) is 5.75 Å². The summed E-state index contributed by atoms with van der Waals surface area (Å²) in [5.41, 5.74) is 7.68. The van der Waals surface area contributed by atoms with Gasteiger partial charge in [-0.2, -0.15) is 0 Å². The highest BCUT2D eigenvalue weighted by Crippen LogP contribution is 2.29. The summed E-state index contributed by atoms with van der Waals surface area (Å²) >= 11 is 0. The molecule has 3 N–H and O–H groups in total. The summed E-state index contributed by atoms with van der Waals surface area (Å²) in [6.07, 6.45) is 3.51. The van der Waals surface area contributed by atoms with E-state index < -0.39 is 5.91 Å². The molecule has 0 fully saturated rings. The highest BCUT2D eigenvalue weighted by molar-refractivity contribution is 5.98. The first-order valence-electron chi connectivity index (χ1n) is 7.14. The van der Waals surface area contributed by atoms with Crippen LogP contribution in [0.15, 0.2) is 30.6 Å². The van der Waals surface area contributed by atoms with Crippen LogP contribution in [0.4, 0.5) is 10.1 Å². The van der Waals surface area contributed by atoms with Crippen molar-refractivity contribution in [1.29, 1.82) is 0 Å². The number of nitrogens with zero attached hydrogens (tertiary/aromatic N) is 1. The van der Waals surface area contributed by atoms with E-state index in [0.717, 1.165) is 5.56 Å². The minimum Gasteiger partial charge on any atom is -0.467 e. The maximum absolute atomic E-state index is 13.7. The Labute approximate surface area is 132 Å². The number of anilines is 1. The molecule has 2 aromatic rings. The van der Waals surface area contributed by atoms with Gasteiger partial charge in [0.2, 0.25) is 0 Å². The molecule has 1 aliphatic heterocycles. The number of ether oxygens (including phenoxy) is 2. The molecule has 2 heterocycles. The number of fused-ring (bicyclic) bond motifs is 1. The number of nitrogens with two attached hydrogens (primary N) is 1. The van der Waals surface area contributed by atoms with Gasteiger partial charge >= 0.3 is 0 Å². The van der Waals surface area contributed by atoms with Crippen molar-refractivity contribution in [3.05, 3.63) is 53.1 Å². The van der Waals surface area contributed by atoms with E-state index in [-0.39, 0.29) is 12.6 Å². The first-order chi connectivity index (χ1) is 11.1. The van der Waals surface area contributed by atoms with E-state index in [1.54, 1.807) is 12.3 Å². The highest BCUT2D eigenvalue weighted by Gasteiger charge is 2.17. The van der Waals surface area contributed by atoms with Gasteiger partial charge in [-0.3, -0.25) is 9.78 Å². The Morgan fingerprint density at radius 3 is 3.13 bits per heavy atom. The molecule has 120 valence electrons. The van der Waals surface area contributed by atoms with Gasteiger partial charge < -0.3 is 20.5 Å². The Kier molecular flexibility index (Phi) is 4.38. The van der Waals surface area contributed by atoms with Gasteiger partial charge in [0.1, 0.15) is 11.6 Å². The largest absolute Gasteiger partial charge is 0.467 e. The van der Waals surface area contributed by atoms with Gasteiger partial charge in [-0.15, -0.1) is 0 Å². The number of halogens is 1. The fraction of sp³-hybridized carbons (Fsp3) is 0.250. The monoisotopic (exact) mass is 317 g/mol. The molecule has 23 heavy (non-hydrogen) atoms. The summed E-state index contributed by atoms with van der Waals surface area (Å²) in [6, 6.07) is 4.54. The van der Waals surface area contributed by atoms with Crippen molar-refractivity contribution in [2.75, 3.05) is 18.7 Å². The van der Waals surface area contributed by atoms with E-state index in [9.17, 15) is 9.18 Å². The van der Waals surface area contributed by atoms with E-state index in [2.05, 4.69) is 10.3 Å². The van der Waals surface area contributed by atoms with Crippen molar-refractivity contribution in [2.45, 2.75) is 13.0 Å². The van der Waals surface area contributed by atoms with Crippen LogP contribution in [0.5, 0.6) is 5.75 Å². The lowest BCUT2D eigenvalue weighted by atomic mass is 10.1. The molecule has 0 saturated heterocycles. The standard InChI is InChI=1S/C16H16FN3O3/c17-12-5-10(15-11(6-12)8-22-9-23-15)1-4-20-14-2-3-19-7-13(14)16(18)21/h2-3,5-7H,1,4,8-9H2,(H2,18,21)(H,19,20). The second kappa shape index (κ2) is 6.62. The zero-order valence-electron chi connectivity index (χ0n) is 12.3. The Morgan fingerprint density at radius 2 is 2.30 bits per heavy atom. The maximum atomic E-state index is 13.7. The zero-order chi connectivity index (χ0) is 16.2. The molecule has 1 aromatic heterocycles. The molecule has 0 saturated carbocycles. The molecule has 7 heteroatoms. The van der Waals surface area contributed by atoms with Crippen molar-refractivity contribution in [1.82, 2.24) is 4.98 Å². The van der Waals surface area contributed by atoms with Gasteiger partial charge in [0.25, 0.3) is 5.91 Å². The zero-order valence-corrected chi connectivity index (χ0v) is 12.3. The van der Waals surface area contributed by atoms with E-state index in [0.29, 0.717) is 42.1 Å². The first kappa shape index (κ1) is 15.2. The molecule has 0 spiro atoms. The molecule has 3 rings (SSSR count). The van der Waals surface area contributed by atoms with Gasteiger partial charge in [-0.05, 0) is 30.2 Å². The summed E-state index contributed by atoms with van der Waals surface area (Å²) in [7, 11) is 0. The minimum atomic E-state index is -0.552. The van der Waals surface area contributed by atoms with Crippen molar-refractivity contribution in [2.24, 2.45) is 5.73 Å². The van der Waals surface area contributed by atoms with Gasteiger partial charge in [-0.25, -0.2) is 4.39 Å².